The first-order valence-electron chi connectivity index (χ1n) is 9.73. The van der Waals surface area contributed by atoms with Crippen molar-refractivity contribution in [1.29, 1.82) is 0 Å². The summed E-state index contributed by atoms with van der Waals surface area (Å²) in [6.45, 7) is 2.97. The lowest BCUT2D eigenvalue weighted by Crippen LogP contribution is -2.47. The van der Waals surface area contributed by atoms with Crippen LogP contribution < -0.4 is 14.9 Å². The van der Waals surface area contributed by atoms with E-state index in [9.17, 15) is 10.1 Å². The molecule has 0 spiro atoms. The van der Waals surface area contributed by atoms with Crippen LogP contribution in [0.5, 0.6) is 11.5 Å². The van der Waals surface area contributed by atoms with Crippen LogP contribution in [0.2, 0.25) is 0 Å². The Morgan fingerprint density at radius 2 is 1.90 bits per heavy atom. The van der Waals surface area contributed by atoms with Gasteiger partial charge < -0.3 is 9.47 Å². The molecule has 1 N–H and O–H groups in total. The zero-order valence-electron chi connectivity index (χ0n) is 17.1. The van der Waals surface area contributed by atoms with E-state index in [2.05, 4.69) is 22.4 Å². The molecule has 0 bridgehead atoms. The number of non-ortho nitro benzene ring substituents is 1. The van der Waals surface area contributed by atoms with Crippen LogP contribution in [0.4, 0.5) is 5.69 Å². The monoisotopic (exact) mass is 428 g/mol. The SMILES string of the molecule is COc1cc2c(cc1OC)[C@@H](c1ccc([N+](=O)[O-])cc1)NN(C1=NCCS1)[C@@H](C)C2. The van der Waals surface area contributed by atoms with Gasteiger partial charge in [-0.1, -0.05) is 23.9 Å². The summed E-state index contributed by atoms with van der Waals surface area (Å²) in [6, 6.07) is 10.6. The van der Waals surface area contributed by atoms with Gasteiger partial charge in [0, 0.05) is 23.9 Å². The highest BCUT2D eigenvalue weighted by atomic mass is 32.2. The number of nitro groups is 1. The Labute approximate surface area is 179 Å². The predicted octanol–water partition coefficient (Wildman–Crippen LogP) is 3.56. The number of hydrogen-bond acceptors (Lipinski definition) is 8. The molecule has 2 aromatic rings. The first-order valence-corrected chi connectivity index (χ1v) is 10.7. The molecular weight excluding hydrogens is 404 g/mol. The number of thioether (sulfide) groups is 1. The molecule has 0 radical (unpaired) electrons. The van der Waals surface area contributed by atoms with Gasteiger partial charge in [0.2, 0.25) is 0 Å². The number of ether oxygens (including phenoxy) is 2. The van der Waals surface area contributed by atoms with Crippen LogP contribution in [0.25, 0.3) is 0 Å². The Bertz CT molecular complexity index is 980. The number of hydrogen-bond donors (Lipinski definition) is 1. The van der Waals surface area contributed by atoms with Gasteiger partial charge in [-0.3, -0.25) is 20.1 Å². The number of nitrogens with zero attached hydrogens (tertiary/aromatic N) is 3. The molecule has 2 aliphatic rings. The molecule has 0 unspecified atom stereocenters. The van der Waals surface area contributed by atoms with Crippen molar-refractivity contribution < 1.29 is 14.4 Å². The van der Waals surface area contributed by atoms with Crippen LogP contribution in [0.3, 0.4) is 0 Å². The summed E-state index contributed by atoms with van der Waals surface area (Å²) in [5.41, 5.74) is 6.83. The minimum Gasteiger partial charge on any atom is -0.493 e. The van der Waals surface area contributed by atoms with Crippen LogP contribution in [0, 0.1) is 10.1 Å². The van der Waals surface area contributed by atoms with Gasteiger partial charge in [-0.15, -0.1) is 0 Å². The minimum atomic E-state index is -0.385. The van der Waals surface area contributed by atoms with E-state index < -0.39 is 0 Å². The largest absolute Gasteiger partial charge is 0.493 e. The Morgan fingerprint density at radius 3 is 2.50 bits per heavy atom. The van der Waals surface area contributed by atoms with E-state index in [1.807, 2.05) is 12.1 Å². The van der Waals surface area contributed by atoms with Crippen LogP contribution in [-0.4, -0.2) is 47.7 Å². The van der Waals surface area contributed by atoms with E-state index in [0.717, 1.165) is 40.6 Å². The summed E-state index contributed by atoms with van der Waals surface area (Å²) in [5, 5.41) is 14.2. The normalized spacial score (nSPS) is 20.9. The molecule has 0 saturated heterocycles. The van der Waals surface area contributed by atoms with Crippen molar-refractivity contribution in [3.05, 3.63) is 63.2 Å². The van der Waals surface area contributed by atoms with Gasteiger partial charge in [0.25, 0.3) is 5.69 Å². The van der Waals surface area contributed by atoms with Crippen LogP contribution in [-0.2, 0) is 6.42 Å². The third kappa shape index (κ3) is 3.82. The first kappa shape index (κ1) is 20.5. The van der Waals surface area contributed by atoms with Crippen molar-refractivity contribution >= 4 is 22.6 Å². The second-order valence-electron chi connectivity index (χ2n) is 7.25. The molecule has 0 aliphatic carbocycles. The van der Waals surface area contributed by atoms with E-state index in [0.29, 0.717) is 11.5 Å². The third-order valence-electron chi connectivity index (χ3n) is 5.39. The molecule has 2 heterocycles. The Kier molecular flexibility index (Phi) is 5.83. The fourth-order valence-corrected chi connectivity index (χ4v) is 4.80. The molecule has 0 amide bonds. The van der Waals surface area contributed by atoms with Crippen molar-refractivity contribution in [3.8, 4) is 11.5 Å². The van der Waals surface area contributed by atoms with Gasteiger partial charge >= 0.3 is 0 Å². The first-order chi connectivity index (χ1) is 14.5. The quantitative estimate of drug-likeness (QED) is 0.588. The minimum absolute atomic E-state index is 0.0702. The molecule has 0 aromatic heterocycles. The van der Waals surface area contributed by atoms with E-state index in [1.165, 1.54) is 12.1 Å². The highest BCUT2D eigenvalue weighted by Crippen LogP contribution is 2.39. The van der Waals surface area contributed by atoms with Gasteiger partial charge in [-0.25, -0.2) is 5.43 Å². The zero-order chi connectivity index (χ0) is 21.3. The standard InChI is InChI=1S/C21H24N4O4S/c1-13-10-15-11-18(28-2)19(29-3)12-17(15)20(23-24(13)21-22-8-9-30-21)14-4-6-16(7-5-14)25(26)27/h4-7,11-13,20,23H,8-10H2,1-3H3/t13-,20+/m0/s1. The van der Waals surface area contributed by atoms with Gasteiger partial charge in [0.15, 0.2) is 16.7 Å². The average Bonchev–Trinajstić information content (AvgIpc) is 3.24. The molecule has 0 saturated carbocycles. The number of methoxy groups -OCH3 is 2. The highest BCUT2D eigenvalue weighted by molar-refractivity contribution is 8.14. The molecule has 2 aromatic carbocycles. The number of nitrogens with one attached hydrogen (secondary N) is 1. The molecule has 30 heavy (non-hydrogen) atoms. The number of rotatable bonds is 4. The number of hydrazine groups is 1. The van der Waals surface area contributed by atoms with Gasteiger partial charge in [0.05, 0.1) is 31.7 Å². The molecule has 0 fully saturated rings. The van der Waals surface area contributed by atoms with Gasteiger partial charge in [-0.2, -0.15) is 0 Å². The molecule has 4 rings (SSSR count). The fraction of sp³-hybridized carbons (Fsp3) is 0.381. The number of nitro benzene ring substituents is 1. The van der Waals surface area contributed by atoms with Crippen LogP contribution in [0.15, 0.2) is 41.4 Å². The molecule has 158 valence electrons. The average molecular weight is 429 g/mol. The van der Waals surface area contributed by atoms with E-state index >= 15 is 0 Å². The maximum Gasteiger partial charge on any atom is 0.269 e. The van der Waals surface area contributed by atoms with Crippen molar-refractivity contribution in [3.63, 3.8) is 0 Å². The number of aliphatic imine (C=N–C) groups is 1. The summed E-state index contributed by atoms with van der Waals surface area (Å²) in [7, 11) is 3.25. The third-order valence-corrected chi connectivity index (χ3v) is 6.36. The fourth-order valence-electron chi connectivity index (χ4n) is 3.88. The lowest BCUT2D eigenvalue weighted by Gasteiger charge is -2.32. The molecule has 9 heteroatoms. The predicted molar refractivity (Wildman–Crippen MR) is 117 cm³/mol. The molecule has 2 aliphatic heterocycles. The van der Waals surface area contributed by atoms with Crippen molar-refractivity contribution in [2.24, 2.45) is 4.99 Å². The summed E-state index contributed by atoms with van der Waals surface area (Å²) in [6.07, 6.45) is 0.797. The van der Waals surface area contributed by atoms with E-state index in [1.54, 1.807) is 38.1 Å². The molecular formula is C21H24N4O4S. The van der Waals surface area contributed by atoms with Gasteiger partial charge in [0.1, 0.15) is 0 Å². The highest BCUT2D eigenvalue weighted by Gasteiger charge is 2.32. The van der Waals surface area contributed by atoms with E-state index in [-0.39, 0.29) is 22.7 Å². The molecule has 2 atom stereocenters. The van der Waals surface area contributed by atoms with Crippen molar-refractivity contribution in [2.45, 2.75) is 25.4 Å². The summed E-state index contributed by atoms with van der Waals surface area (Å²) < 4.78 is 11.1. The molecule has 8 nitrogen and oxygen atoms in total. The maximum atomic E-state index is 11.1. The van der Waals surface area contributed by atoms with Crippen LogP contribution >= 0.6 is 11.8 Å². The van der Waals surface area contributed by atoms with E-state index in [4.69, 9.17) is 9.47 Å². The topological polar surface area (TPSA) is 89.2 Å². The smallest absolute Gasteiger partial charge is 0.269 e. The second kappa shape index (κ2) is 8.53. The maximum absolute atomic E-state index is 11.1. The van der Waals surface area contributed by atoms with Crippen molar-refractivity contribution in [1.82, 2.24) is 10.4 Å². The lowest BCUT2D eigenvalue weighted by atomic mass is 9.92. The summed E-state index contributed by atoms with van der Waals surface area (Å²) in [5.74, 6) is 2.31. The number of benzene rings is 2. The lowest BCUT2D eigenvalue weighted by molar-refractivity contribution is -0.384. The van der Waals surface area contributed by atoms with Gasteiger partial charge in [-0.05, 0) is 42.2 Å². The van der Waals surface area contributed by atoms with Crippen molar-refractivity contribution in [2.75, 3.05) is 26.5 Å². The second-order valence-corrected chi connectivity index (χ2v) is 8.31. The summed E-state index contributed by atoms with van der Waals surface area (Å²) in [4.78, 5) is 15.4. The van der Waals surface area contributed by atoms with Crippen LogP contribution in [0.1, 0.15) is 29.7 Å². The number of fused-ring (bicyclic) bond motifs is 1. The number of amidine groups is 1. The summed E-state index contributed by atoms with van der Waals surface area (Å²) >= 11 is 1.73. The Balaban J connectivity index is 1.82. The Hall–Kier alpha value is -2.78. The Morgan fingerprint density at radius 1 is 1.20 bits per heavy atom. The zero-order valence-corrected chi connectivity index (χ0v) is 17.9.